The minimum atomic E-state index is 0.333. The number of pyridine rings is 1. The number of rotatable bonds is 4. The summed E-state index contributed by atoms with van der Waals surface area (Å²) in [5, 5.41) is 12.4. The zero-order valence-corrected chi connectivity index (χ0v) is 10.9. The summed E-state index contributed by atoms with van der Waals surface area (Å²) in [4.78, 5) is 6.56. The van der Waals surface area contributed by atoms with Gasteiger partial charge >= 0.3 is 0 Å². The van der Waals surface area contributed by atoms with Gasteiger partial charge in [0.15, 0.2) is 0 Å². The van der Waals surface area contributed by atoms with E-state index < -0.39 is 0 Å². The van der Waals surface area contributed by atoms with Gasteiger partial charge in [-0.1, -0.05) is 6.42 Å². The molecule has 1 unspecified atom stereocenters. The lowest BCUT2D eigenvalue weighted by Gasteiger charge is -2.29. The van der Waals surface area contributed by atoms with Gasteiger partial charge in [0.1, 0.15) is 6.07 Å². The van der Waals surface area contributed by atoms with Crippen LogP contribution >= 0.6 is 0 Å². The van der Waals surface area contributed by atoms with E-state index in [1.807, 2.05) is 0 Å². The van der Waals surface area contributed by atoms with E-state index in [0.29, 0.717) is 11.6 Å². The first-order chi connectivity index (χ1) is 8.79. The van der Waals surface area contributed by atoms with Crippen LogP contribution in [0.1, 0.15) is 31.7 Å². The normalized spacial score (nSPS) is 18.0. The lowest BCUT2D eigenvalue weighted by Crippen LogP contribution is -2.38. The molecule has 96 valence electrons. The van der Waals surface area contributed by atoms with Gasteiger partial charge in [-0.25, -0.2) is 0 Å². The first-order valence-electron chi connectivity index (χ1n) is 6.62. The van der Waals surface area contributed by atoms with Crippen LogP contribution in [0.4, 0.5) is 5.69 Å². The zero-order chi connectivity index (χ0) is 12.8. The van der Waals surface area contributed by atoms with Crippen molar-refractivity contribution >= 4 is 5.69 Å². The molecule has 4 nitrogen and oxygen atoms in total. The number of likely N-dealkylation sites (tertiary alicyclic amines) is 1. The van der Waals surface area contributed by atoms with Crippen LogP contribution in [0.3, 0.4) is 0 Å². The quantitative estimate of drug-likeness (QED) is 0.882. The third kappa shape index (κ3) is 3.44. The van der Waals surface area contributed by atoms with Crippen molar-refractivity contribution in [3.05, 3.63) is 24.0 Å². The van der Waals surface area contributed by atoms with Crippen molar-refractivity contribution in [3.63, 3.8) is 0 Å². The SMILES string of the molecule is CC(CN1CCCCC1)Nc1cnccc1C#N. The summed E-state index contributed by atoms with van der Waals surface area (Å²) in [5.74, 6) is 0. The first kappa shape index (κ1) is 12.8. The highest BCUT2D eigenvalue weighted by Gasteiger charge is 2.14. The van der Waals surface area contributed by atoms with Gasteiger partial charge in [0.25, 0.3) is 0 Å². The molecule has 1 saturated heterocycles. The molecule has 1 aliphatic heterocycles. The number of nitriles is 1. The minimum Gasteiger partial charge on any atom is -0.379 e. The molecule has 1 aromatic heterocycles. The van der Waals surface area contributed by atoms with E-state index in [1.54, 1.807) is 18.5 Å². The first-order valence-corrected chi connectivity index (χ1v) is 6.62. The second-order valence-electron chi connectivity index (χ2n) is 4.94. The maximum Gasteiger partial charge on any atom is 0.101 e. The second-order valence-corrected chi connectivity index (χ2v) is 4.94. The lowest BCUT2D eigenvalue weighted by molar-refractivity contribution is 0.223. The Morgan fingerprint density at radius 1 is 1.44 bits per heavy atom. The van der Waals surface area contributed by atoms with Crippen LogP contribution in [0.15, 0.2) is 18.5 Å². The van der Waals surface area contributed by atoms with Gasteiger partial charge in [-0.05, 0) is 38.9 Å². The predicted molar refractivity (Wildman–Crippen MR) is 72.3 cm³/mol. The number of anilines is 1. The molecule has 1 aliphatic rings. The largest absolute Gasteiger partial charge is 0.379 e. The fourth-order valence-corrected chi connectivity index (χ4v) is 2.45. The number of hydrogen-bond acceptors (Lipinski definition) is 4. The minimum absolute atomic E-state index is 0.333. The van der Waals surface area contributed by atoms with Gasteiger partial charge in [-0.2, -0.15) is 5.26 Å². The van der Waals surface area contributed by atoms with Crippen molar-refractivity contribution < 1.29 is 0 Å². The van der Waals surface area contributed by atoms with Gasteiger partial charge in [-0.3, -0.25) is 4.98 Å². The molecular formula is C14H20N4. The van der Waals surface area contributed by atoms with Crippen molar-refractivity contribution in [2.24, 2.45) is 0 Å². The van der Waals surface area contributed by atoms with Crippen molar-refractivity contribution in [2.75, 3.05) is 25.0 Å². The van der Waals surface area contributed by atoms with E-state index in [1.165, 1.54) is 32.4 Å². The zero-order valence-electron chi connectivity index (χ0n) is 10.9. The molecule has 0 spiro atoms. The van der Waals surface area contributed by atoms with Crippen molar-refractivity contribution in [1.82, 2.24) is 9.88 Å². The fourth-order valence-electron chi connectivity index (χ4n) is 2.45. The Bertz CT molecular complexity index is 418. The van der Waals surface area contributed by atoms with Crippen molar-refractivity contribution in [1.29, 1.82) is 5.26 Å². The third-order valence-corrected chi connectivity index (χ3v) is 3.32. The molecule has 2 rings (SSSR count). The highest BCUT2D eigenvalue weighted by molar-refractivity contribution is 5.55. The third-order valence-electron chi connectivity index (χ3n) is 3.32. The summed E-state index contributed by atoms with van der Waals surface area (Å²) in [6.45, 7) is 5.58. The number of hydrogen-bond donors (Lipinski definition) is 1. The fraction of sp³-hybridized carbons (Fsp3) is 0.571. The Labute approximate surface area is 109 Å². The number of piperidine rings is 1. The van der Waals surface area contributed by atoms with Crippen LogP contribution < -0.4 is 5.32 Å². The second kappa shape index (κ2) is 6.36. The average Bonchev–Trinajstić information content (AvgIpc) is 2.40. The summed E-state index contributed by atoms with van der Waals surface area (Å²) in [7, 11) is 0. The highest BCUT2D eigenvalue weighted by atomic mass is 15.1. The molecule has 0 amide bonds. The Hall–Kier alpha value is -1.60. The summed E-state index contributed by atoms with van der Waals surface area (Å²) in [5.41, 5.74) is 1.50. The topological polar surface area (TPSA) is 52.0 Å². The maximum absolute atomic E-state index is 9.02. The molecule has 1 atom stereocenters. The molecule has 1 fully saturated rings. The molecule has 0 aromatic carbocycles. The molecular weight excluding hydrogens is 224 g/mol. The molecule has 0 aliphatic carbocycles. The summed E-state index contributed by atoms with van der Waals surface area (Å²) in [6, 6.07) is 4.27. The number of nitrogens with zero attached hydrogens (tertiary/aromatic N) is 3. The number of aromatic nitrogens is 1. The van der Waals surface area contributed by atoms with E-state index in [9.17, 15) is 0 Å². The Kier molecular flexibility index (Phi) is 4.54. The van der Waals surface area contributed by atoms with E-state index in [0.717, 1.165) is 12.2 Å². The Morgan fingerprint density at radius 3 is 2.94 bits per heavy atom. The molecule has 4 heteroatoms. The summed E-state index contributed by atoms with van der Waals surface area (Å²) >= 11 is 0. The maximum atomic E-state index is 9.02. The summed E-state index contributed by atoms with van der Waals surface area (Å²) in [6.07, 6.45) is 7.36. The standard InChI is InChI=1S/C14H20N4/c1-12(11-18-7-3-2-4-8-18)17-14-10-16-6-5-13(14)9-15/h5-6,10,12,17H,2-4,7-8,11H2,1H3. The van der Waals surface area contributed by atoms with E-state index in [-0.39, 0.29) is 0 Å². The molecule has 1 N–H and O–H groups in total. The molecule has 0 bridgehead atoms. The number of nitrogens with one attached hydrogen (secondary N) is 1. The molecule has 1 aromatic rings. The van der Waals surface area contributed by atoms with Crippen LogP contribution in [-0.4, -0.2) is 35.6 Å². The smallest absolute Gasteiger partial charge is 0.101 e. The van der Waals surface area contributed by atoms with Gasteiger partial charge in [0, 0.05) is 18.8 Å². The Morgan fingerprint density at radius 2 is 2.22 bits per heavy atom. The Balaban J connectivity index is 1.90. The molecule has 18 heavy (non-hydrogen) atoms. The molecule has 0 saturated carbocycles. The molecule has 2 heterocycles. The highest BCUT2D eigenvalue weighted by Crippen LogP contribution is 2.14. The monoisotopic (exact) mass is 244 g/mol. The van der Waals surface area contributed by atoms with Gasteiger partial charge < -0.3 is 10.2 Å². The van der Waals surface area contributed by atoms with Gasteiger partial charge in [0.2, 0.25) is 0 Å². The van der Waals surface area contributed by atoms with Crippen molar-refractivity contribution in [2.45, 2.75) is 32.2 Å². The lowest BCUT2D eigenvalue weighted by atomic mass is 10.1. The average molecular weight is 244 g/mol. The van der Waals surface area contributed by atoms with E-state index in [2.05, 4.69) is 28.2 Å². The summed E-state index contributed by atoms with van der Waals surface area (Å²) < 4.78 is 0. The predicted octanol–water partition coefficient (Wildman–Crippen LogP) is 2.24. The van der Waals surface area contributed by atoms with Crippen molar-refractivity contribution in [3.8, 4) is 6.07 Å². The van der Waals surface area contributed by atoms with E-state index in [4.69, 9.17) is 5.26 Å². The van der Waals surface area contributed by atoms with Gasteiger partial charge in [-0.15, -0.1) is 0 Å². The van der Waals surface area contributed by atoms with Gasteiger partial charge in [0.05, 0.1) is 17.4 Å². The van der Waals surface area contributed by atoms with Crippen LogP contribution in [0, 0.1) is 11.3 Å². The van der Waals surface area contributed by atoms with Crippen LogP contribution in [0.25, 0.3) is 0 Å². The molecule has 0 radical (unpaired) electrons. The van der Waals surface area contributed by atoms with Crippen LogP contribution in [0.2, 0.25) is 0 Å². The van der Waals surface area contributed by atoms with Crippen LogP contribution in [-0.2, 0) is 0 Å². The van der Waals surface area contributed by atoms with E-state index >= 15 is 0 Å². The van der Waals surface area contributed by atoms with Crippen LogP contribution in [0.5, 0.6) is 0 Å².